The predicted octanol–water partition coefficient (Wildman–Crippen LogP) is 4.12. The van der Waals surface area contributed by atoms with Gasteiger partial charge in [-0.05, 0) is 25.8 Å². The summed E-state index contributed by atoms with van der Waals surface area (Å²) in [7, 11) is 1.69. The minimum atomic E-state index is -0.339. The minimum Gasteiger partial charge on any atom is -0.496 e. The van der Waals surface area contributed by atoms with Crippen LogP contribution in [-0.4, -0.2) is 7.11 Å². The highest BCUT2D eigenvalue weighted by molar-refractivity contribution is 5.46. The highest BCUT2D eigenvalue weighted by Crippen LogP contribution is 2.42. The molecule has 1 fully saturated rings. The fraction of sp³-hybridized carbons (Fsp3) is 0.562. The predicted molar refractivity (Wildman–Crippen MR) is 72.7 cm³/mol. The summed E-state index contributed by atoms with van der Waals surface area (Å²) in [5, 5.41) is 9.73. The molecule has 0 amide bonds. The van der Waals surface area contributed by atoms with Gasteiger partial charge >= 0.3 is 0 Å². The zero-order valence-corrected chi connectivity index (χ0v) is 11.3. The lowest BCUT2D eigenvalue weighted by Gasteiger charge is -2.27. The Hall–Kier alpha value is -1.49. The quantitative estimate of drug-likeness (QED) is 0.732. The summed E-state index contributed by atoms with van der Waals surface area (Å²) in [6, 6.07) is 8.77. The van der Waals surface area contributed by atoms with Crippen molar-refractivity contribution in [3.05, 3.63) is 29.3 Å². The van der Waals surface area contributed by atoms with Crippen LogP contribution in [0.4, 0.5) is 0 Å². The highest BCUT2D eigenvalue weighted by atomic mass is 16.5. The lowest BCUT2D eigenvalue weighted by atomic mass is 9.75. The van der Waals surface area contributed by atoms with E-state index in [1.54, 1.807) is 7.11 Å². The first-order chi connectivity index (χ1) is 8.72. The minimum absolute atomic E-state index is 0.339. The van der Waals surface area contributed by atoms with E-state index in [0.29, 0.717) is 0 Å². The summed E-state index contributed by atoms with van der Waals surface area (Å²) in [6.45, 7) is 2.07. The van der Waals surface area contributed by atoms with Crippen LogP contribution in [0, 0.1) is 18.3 Å². The topological polar surface area (TPSA) is 33.0 Å². The molecule has 18 heavy (non-hydrogen) atoms. The second-order valence-electron chi connectivity index (χ2n) is 5.31. The summed E-state index contributed by atoms with van der Waals surface area (Å²) < 4.78 is 5.47. The van der Waals surface area contributed by atoms with Gasteiger partial charge in [0.1, 0.15) is 5.75 Å². The van der Waals surface area contributed by atoms with Gasteiger partial charge in [-0.25, -0.2) is 0 Å². The van der Waals surface area contributed by atoms with Crippen LogP contribution in [0.3, 0.4) is 0 Å². The molecule has 0 saturated heterocycles. The van der Waals surface area contributed by atoms with Gasteiger partial charge in [-0.1, -0.05) is 43.4 Å². The number of benzene rings is 1. The third-order valence-corrected chi connectivity index (χ3v) is 4.04. The van der Waals surface area contributed by atoms with E-state index in [1.807, 2.05) is 12.1 Å². The molecule has 2 rings (SSSR count). The molecule has 1 aliphatic carbocycles. The fourth-order valence-electron chi connectivity index (χ4n) is 2.97. The lowest BCUT2D eigenvalue weighted by molar-refractivity contribution is 0.385. The average molecular weight is 243 g/mol. The molecule has 1 aromatic rings. The van der Waals surface area contributed by atoms with E-state index in [1.165, 1.54) is 18.4 Å². The molecule has 0 radical (unpaired) electrons. The average Bonchev–Trinajstić information content (AvgIpc) is 2.65. The molecule has 0 bridgehead atoms. The van der Waals surface area contributed by atoms with Crippen molar-refractivity contribution in [2.75, 3.05) is 7.11 Å². The highest BCUT2D eigenvalue weighted by Gasteiger charge is 2.35. The molecule has 0 spiro atoms. The number of aryl methyl sites for hydroxylation is 1. The molecule has 0 N–H and O–H groups in total. The zero-order valence-electron chi connectivity index (χ0n) is 11.3. The second kappa shape index (κ2) is 5.44. The van der Waals surface area contributed by atoms with Crippen molar-refractivity contribution < 1.29 is 4.74 Å². The Morgan fingerprint density at radius 2 is 1.83 bits per heavy atom. The van der Waals surface area contributed by atoms with Crippen molar-refractivity contribution in [2.24, 2.45) is 0 Å². The first kappa shape index (κ1) is 13.0. The summed E-state index contributed by atoms with van der Waals surface area (Å²) in [5.74, 6) is 0.865. The number of hydrogen-bond donors (Lipinski definition) is 0. The van der Waals surface area contributed by atoms with Crippen molar-refractivity contribution in [3.8, 4) is 11.8 Å². The molecule has 1 aromatic carbocycles. The Morgan fingerprint density at radius 3 is 2.39 bits per heavy atom. The van der Waals surface area contributed by atoms with Crippen LogP contribution in [-0.2, 0) is 5.41 Å². The maximum Gasteiger partial charge on any atom is 0.123 e. The van der Waals surface area contributed by atoms with Gasteiger partial charge in [0.05, 0.1) is 18.6 Å². The molecule has 2 nitrogen and oxygen atoms in total. The number of nitriles is 1. The van der Waals surface area contributed by atoms with Crippen LogP contribution in [0.25, 0.3) is 0 Å². The van der Waals surface area contributed by atoms with Crippen molar-refractivity contribution in [2.45, 2.75) is 50.9 Å². The molecule has 1 saturated carbocycles. The summed E-state index contributed by atoms with van der Waals surface area (Å²) in [6.07, 6.45) is 6.71. The van der Waals surface area contributed by atoms with Gasteiger partial charge in [-0.2, -0.15) is 5.26 Å². The van der Waals surface area contributed by atoms with Gasteiger partial charge in [0.15, 0.2) is 0 Å². The fourth-order valence-corrected chi connectivity index (χ4v) is 2.97. The van der Waals surface area contributed by atoms with Gasteiger partial charge in [0.25, 0.3) is 0 Å². The van der Waals surface area contributed by atoms with Gasteiger partial charge in [0.2, 0.25) is 0 Å². The molecule has 0 heterocycles. The number of nitrogens with zero attached hydrogens (tertiary/aromatic N) is 1. The third kappa shape index (κ3) is 2.36. The molecule has 0 unspecified atom stereocenters. The second-order valence-corrected chi connectivity index (χ2v) is 5.31. The largest absolute Gasteiger partial charge is 0.496 e. The smallest absolute Gasteiger partial charge is 0.123 e. The van der Waals surface area contributed by atoms with E-state index in [0.717, 1.165) is 37.0 Å². The Balaban J connectivity index is 2.48. The molecule has 0 aromatic heterocycles. The molecule has 0 aliphatic heterocycles. The number of hydrogen-bond acceptors (Lipinski definition) is 2. The van der Waals surface area contributed by atoms with Crippen molar-refractivity contribution >= 4 is 0 Å². The third-order valence-electron chi connectivity index (χ3n) is 4.04. The van der Waals surface area contributed by atoms with Gasteiger partial charge in [0, 0.05) is 5.56 Å². The molecule has 0 atom stereocenters. The number of ether oxygens (including phenoxy) is 1. The molecular weight excluding hydrogens is 222 g/mol. The Labute approximate surface area is 110 Å². The van der Waals surface area contributed by atoms with Gasteiger partial charge < -0.3 is 4.74 Å². The maximum absolute atomic E-state index is 9.73. The molecule has 1 aliphatic rings. The van der Waals surface area contributed by atoms with E-state index in [9.17, 15) is 5.26 Å². The van der Waals surface area contributed by atoms with Crippen LogP contribution in [0.2, 0.25) is 0 Å². The summed E-state index contributed by atoms with van der Waals surface area (Å²) in [5.41, 5.74) is 1.95. The van der Waals surface area contributed by atoms with E-state index in [2.05, 4.69) is 19.1 Å². The van der Waals surface area contributed by atoms with Crippen LogP contribution in [0.15, 0.2) is 18.2 Å². The standard InChI is InChI=1S/C16H21NO/c1-13-7-8-15(18-2)14(11-13)16(12-17)9-5-3-4-6-10-16/h7-8,11H,3-6,9-10H2,1-2H3. The van der Waals surface area contributed by atoms with Crippen molar-refractivity contribution in [3.63, 3.8) is 0 Å². The van der Waals surface area contributed by atoms with Crippen molar-refractivity contribution in [1.29, 1.82) is 5.26 Å². The van der Waals surface area contributed by atoms with Gasteiger partial charge in [-0.3, -0.25) is 0 Å². The van der Waals surface area contributed by atoms with Crippen molar-refractivity contribution in [1.82, 2.24) is 0 Å². The SMILES string of the molecule is COc1ccc(C)cc1C1(C#N)CCCCCC1. The zero-order chi connectivity index (χ0) is 13.0. The first-order valence-electron chi connectivity index (χ1n) is 6.78. The molecule has 2 heteroatoms. The monoisotopic (exact) mass is 243 g/mol. The van der Waals surface area contributed by atoms with Crippen LogP contribution >= 0.6 is 0 Å². The maximum atomic E-state index is 9.73. The summed E-state index contributed by atoms with van der Waals surface area (Å²) >= 11 is 0. The van der Waals surface area contributed by atoms with E-state index >= 15 is 0 Å². The Morgan fingerprint density at radius 1 is 1.17 bits per heavy atom. The van der Waals surface area contributed by atoms with Gasteiger partial charge in [-0.15, -0.1) is 0 Å². The Bertz CT molecular complexity index is 451. The van der Waals surface area contributed by atoms with Crippen LogP contribution in [0.1, 0.15) is 49.7 Å². The van der Waals surface area contributed by atoms with E-state index in [-0.39, 0.29) is 5.41 Å². The van der Waals surface area contributed by atoms with E-state index < -0.39 is 0 Å². The number of rotatable bonds is 2. The first-order valence-corrected chi connectivity index (χ1v) is 6.78. The van der Waals surface area contributed by atoms with Crippen LogP contribution < -0.4 is 4.74 Å². The van der Waals surface area contributed by atoms with E-state index in [4.69, 9.17) is 4.74 Å². The lowest BCUT2D eigenvalue weighted by Crippen LogP contribution is -2.24. The molecule has 96 valence electrons. The molecular formula is C16H21NO. The Kier molecular flexibility index (Phi) is 3.91. The normalized spacial score (nSPS) is 18.7. The van der Waals surface area contributed by atoms with Crippen LogP contribution in [0.5, 0.6) is 5.75 Å². The summed E-state index contributed by atoms with van der Waals surface area (Å²) in [4.78, 5) is 0. The number of methoxy groups -OCH3 is 1.